The van der Waals surface area contributed by atoms with Gasteiger partial charge in [-0.05, 0) is 73.0 Å². The highest BCUT2D eigenvalue weighted by Gasteiger charge is 2.38. The standard InChI is InChI=1S/C29H40O/c1-2-3-5-8-23-11-13-25(14-12-23)27-19-21-29(30,22-20-27)28-17-15-26(16-18-28)24-9-6-4-7-10-24/h4,6-7,9-10,15-18,23,25,27,30H,2-3,5,8,11-14,19-22H2,1H3. The first kappa shape index (κ1) is 21.6. The molecule has 0 saturated heterocycles. The maximum atomic E-state index is 11.4. The molecule has 1 heteroatoms. The summed E-state index contributed by atoms with van der Waals surface area (Å²) in [5.74, 6) is 2.75. The van der Waals surface area contributed by atoms with Crippen LogP contribution in [0.1, 0.15) is 89.5 Å². The lowest BCUT2D eigenvalue weighted by atomic mass is 9.66. The minimum Gasteiger partial charge on any atom is -0.385 e. The van der Waals surface area contributed by atoms with Gasteiger partial charge in [0.25, 0.3) is 0 Å². The second kappa shape index (κ2) is 10.1. The maximum absolute atomic E-state index is 11.4. The molecule has 2 fully saturated rings. The van der Waals surface area contributed by atoms with E-state index in [0.717, 1.165) is 36.2 Å². The lowest BCUT2D eigenvalue weighted by molar-refractivity contribution is -0.0260. The van der Waals surface area contributed by atoms with Crippen molar-refractivity contribution < 1.29 is 5.11 Å². The minimum atomic E-state index is -0.622. The smallest absolute Gasteiger partial charge is 0.0896 e. The molecule has 1 nitrogen and oxygen atoms in total. The Bertz CT molecular complexity index is 747. The van der Waals surface area contributed by atoms with Crippen molar-refractivity contribution in [1.29, 1.82) is 0 Å². The van der Waals surface area contributed by atoms with Gasteiger partial charge >= 0.3 is 0 Å². The van der Waals surface area contributed by atoms with Gasteiger partial charge in [-0.25, -0.2) is 0 Å². The van der Waals surface area contributed by atoms with E-state index in [4.69, 9.17) is 0 Å². The molecule has 0 spiro atoms. The Morgan fingerprint density at radius 3 is 1.97 bits per heavy atom. The summed E-state index contributed by atoms with van der Waals surface area (Å²) in [5.41, 5.74) is 2.96. The van der Waals surface area contributed by atoms with E-state index in [1.165, 1.54) is 75.3 Å². The van der Waals surface area contributed by atoms with Gasteiger partial charge in [0.05, 0.1) is 5.60 Å². The zero-order chi connectivity index (χ0) is 20.8. The number of hydrogen-bond acceptors (Lipinski definition) is 1. The third-order valence-corrected chi connectivity index (χ3v) is 8.16. The zero-order valence-corrected chi connectivity index (χ0v) is 18.9. The van der Waals surface area contributed by atoms with Crippen LogP contribution in [0.2, 0.25) is 0 Å². The van der Waals surface area contributed by atoms with Crippen molar-refractivity contribution >= 4 is 0 Å². The largest absolute Gasteiger partial charge is 0.385 e. The predicted octanol–water partition coefficient (Wildman–Crippen LogP) is 8.12. The van der Waals surface area contributed by atoms with Crippen LogP contribution in [0.25, 0.3) is 11.1 Å². The van der Waals surface area contributed by atoms with E-state index in [1.807, 2.05) is 0 Å². The molecule has 0 aliphatic heterocycles. The Labute approximate surface area is 183 Å². The highest BCUT2D eigenvalue weighted by molar-refractivity contribution is 5.63. The molecule has 162 valence electrons. The first-order valence-corrected chi connectivity index (χ1v) is 12.6. The van der Waals surface area contributed by atoms with Crippen LogP contribution >= 0.6 is 0 Å². The predicted molar refractivity (Wildman–Crippen MR) is 127 cm³/mol. The molecule has 2 aliphatic rings. The second-order valence-electron chi connectivity index (χ2n) is 10.1. The second-order valence-corrected chi connectivity index (χ2v) is 10.1. The van der Waals surface area contributed by atoms with Crippen LogP contribution in [-0.4, -0.2) is 5.11 Å². The van der Waals surface area contributed by atoms with Gasteiger partial charge in [-0.15, -0.1) is 0 Å². The minimum absolute atomic E-state index is 0.622. The van der Waals surface area contributed by atoms with Gasteiger partial charge < -0.3 is 5.11 Å². The van der Waals surface area contributed by atoms with Gasteiger partial charge in [-0.1, -0.05) is 100 Å². The summed E-state index contributed by atoms with van der Waals surface area (Å²) in [5, 5.41) is 11.4. The van der Waals surface area contributed by atoms with E-state index in [1.54, 1.807) is 0 Å². The normalized spacial score (nSPS) is 29.6. The van der Waals surface area contributed by atoms with Crippen LogP contribution in [0.15, 0.2) is 54.6 Å². The molecule has 0 aromatic heterocycles. The molecule has 1 N–H and O–H groups in total. The topological polar surface area (TPSA) is 20.2 Å². The third kappa shape index (κ3) is 5.17. The van der Waals surface area contributed by atoms with E-state index >= 15 is 0 Å². The first-order valence-electron chi connectivity index (χ1n) is 12.6. The molecule has 30 heavy (non-hydrogen) atoms. The van der Waals surface area contributed by atoms with Crippen molar-refractivity contribution in [2.24, 2.45) is 17.8 Å². The SMILES string of the molecule is CCCCCC1CCC(C2CCC(O)(c3ccc(-c4ccccc4)cc3)CC2)CC1. The number of rotatable bonds is 7. The average molecular weight is 405 g/mol. The van der Waals surface area contributed by atoms with Crippen molar-refractivity contribution in [3.8, 4) is 11.1 Å². The summed E-state index contributed by atoms with van der Waals surface area (Å²) in [6.45, 7) is 2.30. The number of benzene rings is 2. The summed E-state index contributed by atoms with van der Waals surface area (Å²) in [7, 11) is 0. The molecule has 0 atom stereocenters. The summed E-state index contributed by atoms with van der Waals surface area (Å²) in [6, 6.07) is 19.2. The highest BCUT2D eigenvalue weighted by atomic mass is 16.3. The zero-order valence-electron chi connectivity index (χ0n) is 18.9. The molecule has 0 radical (unpaired) electrons. The maximum Gasteiger partial charge on any atom is 0.0896 e. The molecule has 2 aromatic rings. The van der Waals surface area contributed by atoms with Gasteiger partial charge in [-0.2, -0.15) is 0 Å². The molecule has 4 rings (SSSR count). The molecule has 2 saturated carbocycles. The van der Waals surface area contributed by atoms with Crippen molar-refractivity contribution in [3.05, 3.63) is 60.2 Å². The Kier molecular flexibility index (Phi) is 7.31. The number of unbranched alkanes of at least 4 members (excludes halogenated alkanes) is 2. The van der Waals surface area contributed by atoms with E-state index in [0.29, 0.717) is 0 Å². The lowest BCUT2D eigenvalue weighted by Gasteiger charge is -2.41. The van der Waals surface area contributed by atoms with Crippen LogP contribution in [0.5, 0.6) is 0 Å². The van der Waals surface area contributed by atoms with E-state index in [-0.39, 0.29) is 0 Å². The Balaban J connectivity index is 1.28. The van der Waals surface area contributed by atoms with Gasteiger partial charge in [0.15, 0.2) is 0 Å². The van der Waals surface area contributed by atoms with Crippen LogP contribution < -0.4 is 0 Å². The van der Waals surface area contributed by atoms with Gasteiger partial charge in [0.2, 0.25) is 0 Å². The molecule has 0 bridgehead atoms. The van der Waals surface area contributed by atoms with Gasteiger partial charge in [0, 0.05) is 0 Å². The molecular weight excluding hydrogens is 364 g/mol. The van der Waals surface area contributed by atoms with Crippen molar-refractivity contribution in [3.63, 3.8) is 0 Å². The van der Waals surface area contributed by atoms with Crippen LogP contribution in [0.3, 0.4) is 0 Å². The highest BCUT2D eigenvalue weighted by Crippen LogP contribution is 2.46. The molecule has 2 aromatic carbocycles. The monoisotopic (exact) mass is 404 g/mol. The fourth-order valence-corrected chi connectivity index (χ4v) is 6.11. The Hall–Kier alpha value is -1.60. The van der Waals surface area contributed by atoms with E-state index in [9.17, 15) is 5.11 Å². The molecule has 0 unspecified atom stereocenters. The van der Waals surface area contributed by atoms with Crippen LogP contribution in [0, 0.1) is 17.8 Å². The van der Waals surface area contributed by atoms with Crippen molar-refractivity contribution in [2.75, 3.05) is 0 Å². The Morgan fingerprint density at radius 1 is 0.733 bits per heavy atom. The van der Waals surface area contributed by atoms with E-state index < -0.39 is 5.60 Å². The number of aliphatic hydroxyl groups is 1. The van der Waals surface area contributed by atoms with Crippen LogP contribution in [-0.2, 0) is 5.60 Å². The summed E-state index contributed by atoms with van der Waals surface area (Å²) >= 11 is 0. The van der Waals surface area contributed by atoms with Crippen LogP contribution in [0.4, 0.5) is 0 Å². The molecular formula is C29H40O. The first-order chi connectivity index (χ1) is 14.7. The molecule has 0 heterocycles. The molecule has 0 amide bonds. The van der Waals surface area contributed by atoms with E-state index in [2.05, 4.69) is 61.5 Å². The fraction of sp³-hybridized carbons (Fsp3) is 0.586. The summed E-state index contributed by atoms with van der Waals surface area (Å²) in [6.07, 6.45) is 15.7. The average Bonchev–Trinajstić information content (AvgIpc) is 2.81. The van der Waals surface area contributed by atoms with Gasteiger partial charge in [0.1, 0.15) is 0 Å². The number of hydrogen-bond donors (Lipinski definition) is 1. The fourth-order valence-electron chi connectivity index (χ4n) is 6.11. The van der Waals surface area contributed by atoms with Crippen molar-refractivity contribution in [1.82, 2.24) is 0 Å². The Morgan fingerprint density at radius 2 is 1.33 bits per heavy atom. The summed E-state index contributed by atoms with van der Waals surface area (Å²) in [4.78, 5) is 0. The lowest BCUT2D eigenvalue weighted by Crippen LogP contribution is -2.34. The summed E-state index contributed by atoms with van der Waals surface area (Å²) < 4.78 is 0. The third-order valence-electron chi connectivity index (χ3n) is 8.16. The van der Waals surface area contributed by atoms with Gasteiger partial charge in [-0.3, -0.25) is 0 Å². The molecule has 2 aliphatic carbocycles. The van der Waals surface area contributed by atoms with Crippen molar-refractivity contribution in [2.45, 2.75) is 89.6 Å². The quantitative estimate of drug-likeness (QED) is 0.462.